The molecule has 0 amide bonds. The molecule has 4 nitrogen and oxygen atoms in total. The van der Waals surface area contributed by atoms with Gasteiger partial charge in [-0.1, -0.05) is 65.9 Å². The summed E-state index contributed by atoms with van der Waals surface area (Å²) >= 11 is 1.31. The van der Waals surface area contributed by atoms with Crippen LogP contribution in [0.5, 0.6) is 0 Å². The third kappa shape index (κ3) is 4.40. The summed E-state index contributed by atoms with van der Waals surface area (Å²) in [6, 6.07) is 20.1. The maximum atomic E-state index is 13.2. The van der Waals surface area contributed by atoms with Crippen molar-refractivity contribution in [1.29, 1.82) is 0 Å². The van der Waals surface area contributed by atoms with Crippen LogP contribution < -0.4 is 0 Å². The van der Waals surface area contributed by atoms with E-state index in [2.05, 4.69) is 4.40 Å². The standard InChI is InChI=1S/C25H21NO3S2/c1-16-9-12-19(13-10-16)30-23-15-22(20-6-4-5-7-21(20)25(23)27)26-31(28,29)24-14-17(2)8-11-18(24)3/h4-15H,1-3H3. The fourth-order valence-electron chi connectivity index (χ4n) is 3.35. The fourth-order valence-corrected chi connectivity index (χ4v) is 5.57. The molecule has 4 rings (SSSR count). The van der Waals surface area contributed by atoms with E-state index in [1.807, 2.05) is 44.2 Å². The third-order valence-electron chi connectivity index (χ3n) is 5.03. The summed E-state index contributed by atoms with van der Waals surface area (Å²) in [5, 5.41) is 0. The van der Waals surface area contributed by atoms with Gasteiger partial charge in [0, 0.05) is 16.0 Å². The topological polar surface area (TPSA) is 63.6 Å². The second-order valence-electron chi connectivity index (χ2n) is 7.52. The molecular weight excluding hydrogens is 426 g/mol. The van der Waals surface area contributed by atoms with Crippen molar-refractivity contribution in [1.82, 2.24) is 0 Å². The van der Waals surface area contributed by atoms with Gasteiger partial charge in [0.15, 0.2) is 5.78 Å². The Labute approximate surface area is 186 Å². The van der Waals surface area contributed by atoms with E-state index in [0.29, 0.717) is 21.6 Å². The number of rotatable bonds is 4. The number of benzene rings is 3. The minimum atomic E-state index is -3.95. The largest absolute Gasteiger partial charge is 0.288 e. The highest BCUT2D eigenvalue weighted by atomic mass is 32.2. The number of fused-ring (bicyclic) bond motifs is 1. The molecule has 3 aromatic rings. The first-order chi connectivity index (χ1) is 14.7. The quantitative estimate of drug-likeness (QED) is 0.517. The number of allylic oxidation sites excluding steroid dienone is 2. The van der Waals surface area contributed by atoms with Crippen molar-refractivity contribution in [2.45, 2.75) is 30.6 Å². The number of ketones is 1. The smallest absolute Gasteiger partial charge is 0.283 e. The fraction of sp³-hybridized carbons (Fsp3) is 0.120. The van der Waals surface area contributed by atoms with Crippen molar-refractivity contribution >= 4 is 33.3 Å². The minimum Gasteiger partial charge on any atom is -0.288 e. The molecule has 0 spiro atoms. The molecule has 0 aliphatic heterocycles. The summed E-state index contributed by atoms with van der Waals surface area (Å²) in [4.78, 5) is 14.6. The van der Waals surface area contributed by atoms with E-state index in [1.165, 1.54) is 11.8 Å². The van der Waals surface area contributed by atoms with Crippen molar-refractivity contribution in [3.8, 4) is 0 Å². The van der Waals surface area contributed by atoms with Crippen LogP contribution in [0.3, 0.4) is 0 Å². The van der Waals surface area contributed by atoms with Crippen molar-refractivity contribution in [2.24, 2.45) is 4.40 Å². The van der Waals surface area contributed by atoms with E-state index in [0.717, 1.165) is 16.0 Å². The highest BCUT2D eigenvalue weighted by molar-refractivity contribution is 8.04. The first-order valence-electron chi connectivity index (χ1n) is 9.77. The first kappa shape index (κ1) is 21.3. The van der Waals surface area contributed by atoms with Gasteiger partial charge in [-0.15, -0.1) is 0 Å². The molecule has 0 N–H and O–H groups in total. The van der Waals surface area contributed by atoms with Gasteiger partial charge in [-0.3, -0.25) is 4.79 Å². The number of nitrogens with zero attached hydrogens (tertiary/aromatic N) is 1. The number of sulfonamides is 1. The predicted molar refractivity (Wildman–Crippen MR) is 126 cm³/mol. The molecule has 3 aromatic carbocycles. The number of hydrogen-bond donors (Lipinski definition) is 0. The highest BCUT2D eigenvalue weighted by Gasteiger charge is 2.27. The molecule has 156 valence electrons. The Morgan fingerprint density at radius 1 is 0.806 bits per heavy atom. The zero-order valence-corrected chi connectivity index (χ0v) is 19.0. The average Bonchev–Trinajstić information content (AvgIpc) is 2.74. The van der Waals surface area contributed by atoms with Crippen molar-refractivity contribution < 1.29 is 13.2 Å². The van der Waals surface area contributed by atoms with Crippen molar-refractivity contribution in [3.63, 3.8) is 0 Å². The number of thioether (sulfide) groups is 1. The van der Waals surface area contributed by atoms with Crippen LogP contribution in [0.2, 0.25) is 0 Å². The lowest BCUT2D eigenvalue weighted by atomic mass is 9.94. The summed E-state index contributed by atoms with van der Waals surface area (Å²) in [6.45, 7) is 5.59. The van der Waals surface area contributed by atoms with Crippen molar-refractivity contribution in [3.05, 3.63) is 106 Å². The van der Waals surface area contributed by atoms with Gasteiger partial charge < -0.3 is 0 Å². The van der Waals surface area contributed by atoms with Gasteiger partial charge in [0.05, 0.1) is 15.5 Å². The van der Waals surface area contributed by atoms with Crippen LogP contribution >= 0.6 is 11.8 Å². The van der Waals surface area contributed by atoms with Gasteiger partial charge in [-0.2, -0.15) is 12.8 Å². The summed E-state index contributed by atoms with van der Waals surface area (Å²) in [6.07, 6.45) is 1.58. The normalized spacial score (nSPS) is 15.0. The Bertz CT molecular complexity index is 1350. The van der Waals surface area contributed by atoms with Gasteiger partial charge in [0.25, 0.3) is 10.0 Å². The van der Waals surface area contributed by atoms with Crippen LogP contribution in [0.15, 0.2) is 91.9 Å². The molecule has 0 saturated carbocycles. The van der Waals surface area contributed by atoms with E-state index in [9.17, 15) is 13.2 Å². The summed E-state index contributed by atoms with van der Waals surface area (Å²) in [5.74, 6) is -0.135. The van der Waals surface area contributed by atoms with E-state index in [4.69, 9.17) is 0 Å². The number of aryl methyl sites for hydroxylation is 3. The van der Waals surface area contributed by atoms with E-state index >= 15 is 0 Å². The highest BCUT2D eigenvalue weighted by Crippen LogP contribution is 2.34. The monoisotopic (exact) mass is 447 g/mol. The first-order valence-corrected chi connectivity index (χ1v) is 12.0. The summed E-state index contributed by atoms with van der Waals surface area (Å²) < 4.78 is 30.5. The molecule has 0 atom stereocenters. The van der Waals surface area contributed by atoms with Crippen molar-refractivity contribution in [2.75, 3.05) is 0 Å². The molecule has 31 heavy (non-hydrogen) atoms. The SMILES string of the molecule is Cc1ccc(SC2=CC(=NS(=O)(=O)c3cc(C)ccc3C)c3ccccc3C2=O)cc1. The van der Waals surface area contributed by atoms with E-state index < -0.39 is 10.0 Å². The van der Waals surface area contributed by atoms with Crippen LogP contribution in [0, 0.1) is 20.8 Å². The van der Waals surface area contributed by atoms with Gasteiger partial charge in [-0.05, 0) is 56.2 Å². The lowest BCUT2D eigenvalue weighted by Gasteiger charge is -2.17. The van der Waals surface area contributed by atoms with Crippen LogP contribution in [0.1, 0.15) is 32.6 Å². The van der Waals surface area contributed by atoms with Gasteiger partial charge in [0.2, 0.25) is 0 Å². The summed E-state index contributed by atoms with van der Waals surface area (Å²) in [7, 11) is -3.95. The Morgan fingerprint density at radius 3 is 2.16 bits per heavy atom. The van der Waals surface area contributed by atoms with E-state index in [1.54, 1.807) is 49.4 Å². The molecule has 1 aliphatic rings. The average molecular weight is 448 g/mol. The minimum absolute atomic E-state index is 0.135. The van der Waals surface area contributed by atoms with E-state index in [-0.39, 0.29) is 16.4 Å². The number of carbonyl (C=O) groups is 1. The summed E-state index contributed by atoms with van der Waals surface area (Å²) in [5.41, 5.74) is 3.85. The second-order valence-corrected chi connectivity index (χ2v) is 10.2. The number of hydrogen-bond acceptors (Lipinski definition) is 4. The van der Waals surface area contributed by atoms with Crippen LogP contribution in [-0.2, 0) is 10.0 Å². The molecule has 0 heterocycles. The van der Waals surface area contributed by atoms with Gasteiger partial charge in [0.1, 0.15) is 0 Å². The molecule has 0 bridgehead atoms. The predicted octanol–water partition coefficient (Wildman–Crippen LogP) is 5.66. The maximum absolute atomic E-state index is 13.2. The van der Waals surface area contributed by atoms with Gasteiger partial charge >= 0.3 is 0 Å². The van der Waals surface area contributed by atoms with Crippen LogP contribution in [-0.4, -0.2) is 19.9 Å². The molecule has 0 fully saturated rings. The molecule has 6 heteroatoms. The second kappa shape index (κ2) is 8.29. The Kier molecular flexibility index (Phi) is 5.69. The Balaban J connectivity index is 1.83. The zero-order valence-electron chi connectivity index (χ0n) is 17.4. The zero-order chi connectivity index (χ0) is 22.2. The van der Waals surface area contributed by atoms with Gasteiger partial charge in [-0.25, -0.2) is 0 Å². The lowest BCUT2D eigenvalue weighted by molar-refractivity contribution is 0.104. The molecule has 0 unspecified atom stereocenters. The molecule has 0 radical (unpaired) electrons. The number of Topliss-reactive ketones (excluding diaryl/α,β-unsaturated/α-hetero) is 1. The third-order valence-corrected chi connectivity index (χ3v) is 7.49. The van der Waals surface area contributed by atoms with Crippen LogP contribution in [0.25, 0.3) is 0 Å². The molecule has 1 aliphatic carbocycles. The van der Waals surface area contributed by atoms with Crippen LogP contribution in [0.4, 0.5) is 0 Å². The molecule has 0 saturated heterocycles. The molecule has 0 aromatic heterocycles. The lowest BCUT2D eigenvalue weighted by Crippen LogP contribution is -2.17. The Hall–Kier alpha value is -2.96. The number of carbonyl (C=O) groups excluding carboxylic acids is 1. The maximum Gasteiger partial charge on any atom is 0.283 e. The molecular formula is C25H21NO3S2. The Morgan fingerprint density at radius 2 is 1.45 bits per heavy atom.